The van der Waals surface area contributed by atoms with Gasteiger partial charge in [-0.25, -0.2) is 5.43 Å². The third-order valence-electron chi connectivity index (χ3n) is 5.12. The highest BCUT2D eigenvalue weighted by atomic mass is 35.5. The fourth-order valence-corrected chi connectivity index (χ4v) is 4.20. The van der Waals surface area contributed by atoms with Crippen molar-refractivity contribution in [1.29, 1.82) is 0 Å². The van der Waals surface area contributed by atoms with Crippen molar-refractivity contribution in [3.63, 3.8) is 0 Å². The van der Waals surface area contributed by atoms with Gasteiger partial charge in [0.15, 0.2) is 17.3 Å². The summed E-state index contributed by atoms with van der Waals surface area (Å²) in [7, 11) is 0. The fraction of sp³-hybridized carbons (Fsp3) is 0.185. The van der Waals surface area contributed by atoms with Crippen LogP contribution in [0.4, 0.5) is 0 Å². The van der Waals surface area contributed by atoms with Crippen LogP contribution in [-0.4, -0.2) is 25.3 Å². The summed E-state index contributed by atoms with van der Waals surface area (Å²) in [5.74, 6) is 1.12. The minimum atomic E-state index is -0.499. The van der Waals surface area contributed by atoms with Crippen LogP contribution in [-0.2, 0) is 6.61 Å². The van der Waals surface area contributed by atoms with Gasteiger partial charge in [0, 0.05) is 21.0 Å². The maximum absolute atomic E-state index is 12.5. The maximum atomic E-state index is 12.5. The highest BCUT2D eigenvalue weighted by molar-refractivity contribution is 6.35. The number of benzene rings is 3. The lowest BCUT2D eigenvalue weighted by molar-refractivity contribution is 0.0929. The number of ether oxygens (including phenoxy) is 3. The van der Waals surface area contributed by atoms with Crippen molar-refractivity contribution in [2.75, 3.05) is 13.2 Å². The first-order valence-electron chi connectivity index (χ1n) is 11.4. The van der Waals surface area contributed by atoms with Gasteiger partial charge in [0.2, 0.25) is 0 Å². The Labute approximate surface area is 228 Å². The number of hydrogen-bond donors (Lipinski definition) is 1. The van der Waals surface area contributed by atoms with Gasteiger partial charge < -0.3 is 18.6 Å². The van der Waals surface area contributed by atoms with Crippen LogP contribution >= 0.6 is 34.8 Å². The third-order valence-corrected chi connectivity index (χ3v) is 5.99. The van der Waals surface area contributed by atoms with E-state index in [9.17, 15) is 4.79 Å². The molecule has 0 spiro atoms. The zero-order valence-corrected chi connectivity index (χ0v) is 22.3. The highest BCUT2D eigenvalue weighted by Crippen LogP contribution is 2.37. The van der Waals surface area contributed by atoms with E-state index in [0.29, 0.717) is 56.7 Å². The number of hydrogen-bond acceptors (Lipinski definition) is 6. The van der Waals surface area contributed by atoms with E-state index < -0.39 is 5.91 Å². The topological polar surface area (TPSA) is 82.3 Å². The molecule has 1 N–H and O–H groups in total. The van der Waals surface area contributed by atoms with Gasteiger partial charge in [-0.05, 0) is 67.9 Å². The molecule has 192 valence electrons. The smallest absolute Gasteiger partial charge is 0.307 e. The van der Waals surface area contributed by atoms with Gasteiger partial charge >= 0.3 is 5.91 Å². The summed E-state index contributed by atoms with van der Waals surface area (Å²) in [6, 6.07) is 15.5. The molecule has 3 aromatic carbocycles. The summed E-state index contributed by atoms with van der Waals surface area (Å²) in [5, 5.41) is 6.11. The van der Waals surface area contributed by atoms with Crippen LogP contribution in [0.2, 0.25) is 15.1 Å². The lowest BCUT2D eigenvalue weighted by Crippen LogP contribution is -2.16. The molecule has 0 fully saturated rings. The molecule has 4 rings (SSSR count). The van der Waals surface area contributed by atoms with Crippen molar-refractivity contribution in [2.45, 2.75) is 20.5 Å². The van der Waals surface area contributed by atoms with Crippen molar-refractivity contribution >= 4 is 57.9 Å². The second-order valence-electron chi connectivity index (χ2n) is 7.73. The first kappa shape index (κ1) is 26.7. The van der Waals surface area contributed by atoms with E-state index in [2.05, 4.69) is 10.5 Å². The first-order chi connectivity index (χ1) is 17.9. The zero-order valence-electron chi connectivity index (χ0n) is 20.0. The molecule has 0 radical (unpaired) electrons. The van der Waals surface area contributed by atoms with E-state index in [4.69, 9.17) is 53.4 Å². The second kappa shape index (κ2) is 12.2. The Kier molecular flexibility index (Phi) is 8.82. The zero-order chi connectivity index (χ0) is 26.4. The van der Waals surface area contributed by atoms with Crippen LogP contribution in [0.25, 0.3) is 11.0 Å². The molecule has 0 bridgehead atoms. The van der Waals surface area contributed by atoms with Crippen molar-refractivity contribution in [3.8, 4) is 17.2 Å². The average molecular weight is 562 g/mol. The summed E-state index contributed by atoms with van der Waals surface area (Å²) < 4.78 is 22.7. The van der Waals surface area contributed by atoms with E-state index in [1.165, 1.54) is 6.21 Å². The number of carbonyl (C=O) groups is 1. The van der Waals surface area contributed by atoms with Crippen LogP contribution in [0.5, 0.6) is 17.2 Å². The molecule has 0 saturated carbocycles. The summed E-state index contributed by atoms with van der Waals surface area (Å²) >= 11 is 18.7. The molecule has 7 nitrogen and oxygen atoms in total. The van der Waals surface area contributed by atoms with E-state index in [-0.39, 0.29) is 12.4 Å². The number of hydrazone groups is 1. The number of nitrogens with one attached hydrogen (secondary N) is 1. The number of amides is 1. The minimum absolute atomic E-state index is 0.124. The standard InChI is InChI=1S/C27H23Cl3N2O5/c1-3-34-20-7-8-23-18(11-20)12-25(37-23)27(33)32-31-14-16-9-22(30)26(24(10-16)35-4-2)36-15-17-5-6-19(28)13-21(17)29/h5-14H,3-4,15H2,1-2H3,(H,32,33). The van der Waals surface area contributed by atoms with Crippen molar-refractivity contribution < 1.29 is 23.4 Å². The van der Waals surface area contributed by atoms with E-state index in [1.807, 2.05) is 19.9 Å². The minimum Gasteiger partial charge on any atom is -0.494 e. The molecule has 0 saturated heterocycles. The summed E-state index contributed by atoms with van der Waals surface area (Å²) in [6.07, 6.45) is 1.45. The van der Waals surface area contributed by atoms with Crippen LogP contribution in [0.15, 0.2) is 64.1 Å². The largest absolute Gasteiger partial charge is 0.494 e. The Bertz CT molecular complexity index is 1450. The molecule has 1 heterocycles. The van der Waals surface area contributed by atoms with E-state index >= 15 is 0 Å². The summed E-state index contributed by atoms with van der Waals surface area (Å²) in [5.41, 5.74) is 4.37. The molecule has 0 atom stereocenters. The average Bonchev–Trinajstić information content (AvgIpc) is 3.29. The third kappa shape index (κ3) is 6.68. The van der Waals surface area contributed by atoms with Crippen molar-refractivity contribution in [3.05, 3.63) is 86.6 Å². The summed E-state index contributed by atoms with van der Waals surface area (Å²) in [4.78, 5) is 12.5. The Morgan fingerprint density at radius 3 is 2.51 bits per heavy atom. The second-order valence-corrected chi connectivity index (χ2v) is 8.98. The SMILES string of the molecule is CCOc1ccc2oc(C(=O)NN=Cc3cc(Cl)c(OCc4ccc(Cl)cc4Cl)c(OCC)c3)cc2c1. The van der Waals surface area contributed by atoms with Gasteiger partial charge in [0.25, 0.3) is 0 Å². The first-order valence-corrected chi connectivity index (χ1v) is 12.5. The molecular formula is C27H23Cl3N2O5. The van der Waals surface area contributed by atoms with Gasteiger partial charge in [-0.1, -0.05) is 40.9 Å². The number of furan rings is 1. The molecule has 0 unspecified atom stereocenters. The van der Waals surface area contributed by atoms with Crippen LogP contribution in [0, 0.1) is 0 Å². The molecule has 0 aliphatic carbocycles. The van der Waals surface area contributed by atoms with Gasteiger partial charge in [0.05, 0.1) is 24.5 Å². The Morgan fingerprint density at radius 1 is 0.946 bits per heavy atom. The number of halogens is 3. The van der Waals surface area contributed by atoms with Crippen LogP contribution in [0.3, 0.4) is 0 Å². The van der Waals surface area contributed by atoms with Gasteiger partial charge in [-0.15, -0.1) is 0 Å². The molecular weight excluding hydrogens is 539 g/mol. The van der Waals surface area contributed by atoms with Crippen LogP contribution < -0.4 is 19.6 Å². The van der Waals surface area contributed by atoms with Crippen LogP contribution in [0.1, 0.15) is 35.5 Å². The monoisotopic (exact) mass is 560 g/mol. The van der Waals surface area contributed by atoms with Crippen molar-refractivity contribution in [2.24, 2.45) is 5.10 Å². The Morgan fingerprint density at radius 2 is 1.76 bits per heavy atom. The molecule has 0 aliphatic heterocycles. The molecule has 37 heavy (non-hydrogen) atoms. The lowest BCUT2D eigenvalue weighted by atomic mass is 10.2. The normalized spacial score (nSPS) is 11.2. The van der Waals surface area contributed by atoms with Gasteiger partial charge in [0.1, 0.15) is 17.9 Å². The maximum Gasteiger partial charge on any atom is 0.307 e. The molecule has 1 amide bonds. The quantitative estimate of drug-likeness (QED) is 0.160. The van der Waals surface area contributed by atoms with Gasteiger partial charge in [-0.3, -0.25) is 4.79 Å². The number of fused-ring (bicyclic) bond motifs is 1. The Balaban J connectivity index is 1.46. The molecule has 10 heteroatoms. The highest BCUT2D eigenvalue weighted by Gasteiger charge is 2.15. The van der Waals surface area contributed by atoms with Gasteiger partial charge in [-0.2, -0.15) is 5.10 Å². The predicted octanol–water partition coefficient (Wildman–Crippen LogP) is 7.53. The van der Waals surface area contributed by atoms with E-state index in [0.717, 1.165) is 10.9 Å². The molecule has 4 aromatic rings. The van der Waals surface area contributed by atoms with E-state index in [1.54, 1.807) is 48.5 Å². The number of rotatable bonds is 10. The summed E-state index contributed by atoms with van der Waals surface area (Å²) in [6.45, 7) is 4.86. The predicted molar refractivity (Wildman–Crippen MR) is 146 cm³/mol. The number of nitrogens with zero attached hydrogens (tertiary/aromatic N) is 1. The van der Waals surface area contributed by atoms with Crippen molar-refractivity contribution in [1.82, 2.24) is 5.43 Å². The molecule has 1 aromatic heterocycles. The number of carbonyl (C=O) groups excluding carboxylic acids is 1. The lowest BCUT2D eigenvalue weighted by Gasteiger charge is -2.15. The Hall–Kier alpha value is -3.39. The molecule has 0 aliphatic rings. The fourth-order valence-electron chi connectivity index (χ4n) is 3.46.